The molecule has 0 amide bonds. The molecule has 0 bridgehead atoms. The van der Waals surface area contributed by atoms with Crippen molar-refractivity contribution in [3.63, 3.8) is 0 Å². The topological polar surface area (TPSA) is 78.0 Å². The molecule has 0 radical (unpaired) electrons. The molecular weight excluding hydrogens is 182 g/mol. The monoisotopic (exact) mass is 199 g/mol. The largest absolute Gasteiger partial charge is 0.379 e. The van der Waals surface area contributed by atoms with Gasteiger partial charge in [0.25, 0.3) is 0 Å². The van der Waals surface area contributed by atoms with E-state index < -0.39 is 0 Å². The van der Waals surface area contributed by atoms with Crippen molar-refractivity contribution in [3.8, 4) is 0 Å². The first-order valence-corrected chi connectivity index (χ1v) is 4.58. The Balaban J connectivity index is 2.86. The van der Waals surface area contributed by atoms with Crippen LogP contribution < -0.4 is 11.3 Å². The minimum atomic E-state index is -0.0787. The molecule has 6 heteroatoms. The van der Waals surface area contributed by atoms with Gasteiger partial charge in [0, 0.05) is 14.2 Å². The number of nitrogens with two attached hydrogens (primary N) is 1. The highest BCUT2D eigenvalue weighted by Gasteiger charge is 2.23. The minimum Gasteiger partial charge on any atom is -0.379 e. The maximum absolute atomic E-state index is 5.49. The van der Waals surface area contributed by atoms with E-state index in [1.165, 1.54) is 0 Å². The first-order valence-electron chi connectivity index (χ1n) is 4.58. The van der Waals surface area contributed by atoms with Gasteiger partial charge >= 0.3 is 0 Å². The summed E-state index contributed by atoms with van der Waals surface area (Å²) >= 11 is 0. The number of aryl methyl sites for hydroxylation is 1. The highest BCUT2D eigenvalue weighted by atomic mass is 16.5. The summed E-state index contributed by atoms with van der Waals surface area (Å²) in [5, 5.41) is 7.66. The number of nitrogens with one attached hydrogen (secondary N) is 1. The van der Waals surface area contributed by atoms with Gasteiger partial charge in [0.2, 0.25) is 0 Å². The van der Waals surface area contributed by atoms with Crippen molar-refractivity contribution < 1.29 is 4.74 Å². The third-order valence-electron chi connectivity index (χ3n) is 2.32. The van der Waals surface area contributed by atoms with Crippen LogP contribution in [0.2, 0.25) is 0 Å². The van der Waals surface area contributed by atoms with Gasteiger partial charge in [0.15, 0.2) is 0 Å². The molecule has 1 aromatic rings. The van der Waals surface area contributed by atoms with Crippen LogP contribution in [-0.2, 0) is 11.8 Å². The zero-order chi connectivity index (χ0) is 10.6. The lowest BCUT2D eigenvalue weighted by Gasteiger charge is -2.23. The van der Waals surface area contributed by atoms with Gasteiger partial charge in [-0.05, 0) is 6.42 Å². The molecule has 0 spiro atoms. The molecule has 1 heterocycles. The van der Waals surface area contributed by atoms with E-state index in [1.807, 2.05) is 14.0 Å². The van der Waals surface area contributed by atoms with Crippen molar-refractivity contribution in [2.24, 2.45) is 12.9 Å². The number of nitrogens with zero attached hydrogens (tertiary/aromatic N) is 3. The van der Waals surface area contributed by atoms with E-state index in [0.29, 0.717) is 0 Å². The summed E-state index contributed by atoms with van der Waals surface area (Å²) in [5.74, 6) is 5.49. The van der Waals surface area contributed by atoms with Crippen molar-refractivity contribution in [1.82, 2.24) is 20.4 Å². The van der Waals surface area contributed by atoms with Gasteiger partial charge in [0.05, 0.1) is 24.0 Å². The second kappa shape index (κ2) is 5.04. The van der Waals surface area contributed by atoms with Crippen molar-refractivity contribution in [1.29, 1.82) is 0 Å². The second-order valence-corrected chi connectivity index (χ2v) is 3.11. The quantitative estimate of drug-likeness (QED) is 0.505. The fraction of sp³-hybridized carbons (Fsp3) is 0.750. The number of rotatable bonds is 5. The van der Waals surface area contributed by atoms with Crippen LogP contribution in [-0.4, -0.2) is 28.2 Å². The summed E-state index contributed by atoms with van der Waals surface area (Å²) in [4.78, 5) is 0. The Morgan fingerprint density at radius 1 is 1.71 bits per heavy atom. The Kier molecular flexibility index (Phi) is 3.99. The lowest BCUT2D eigenvalue weighted by Crippen LogP contribution is -2.38. The van der Waals surface area contributed by atoms with Crippen LogP contribution in [0.4, 0.5) is 0 Å². The zero-order valence-electron chi connectivity index (χ0n) is 8.77. The summed E-state index contributed by atoms with van der Waals surface area (Å²) < 4.78 is 7.01. The molecule has 0 aliphatic rings. The summed E-state index contributed by atoms with van der Waals surface area (Å²) in [6.07, 6.45) is 2.58. The van der Waals surface area contributed by atoms with Crippen molar-refractivity contribution in [2.75, 3.05) is 7.11 Å². The fourth-order valence-electron chi connectivity index (χ4n) is 1.50. The molecule has 0 saturated heterocycles. The summed E-state index contributed by atoms with van der Waals surface area (Å²) in [7, 11) is 3.50. The number of hydrogen-bond acceptors (Lipinski definition) is 5. The van der Waals surface area contributed by atoms with Crippen LogP contribution in [0.1, 0.15) is 25.1 Å². The van der Waals surface area contributed by atoms with E-state index >= 15 is 0 Å². The van der Waals surface area contributed by atoms with Crippen LogP contribution in [0.25, 0.3) is 0 Å². The molecule has 3 N–H and O–H groups in total. The highest BCUT2D eigenvalue weighted by molar-refractivity contribution is 5.04. The Hall–Kier alpha value is -0.980. The van der Waals surface area contributed by atoms with E-state index in [9.17, 15) is 0 Å². The standard InChI is InChI=1S/C8H17N5O/c1-4-7(14-3)8(11-9)6-5-10-12-13(6)2/h5,7-8,11H,4,9H2,1-3H3. The molecule has 2 atom stereocenters. The van der Waals surface area contributed by atoms with Crippen LogP contribution in [0.5, 0.6) is 0 Å². The number of ether oxygens (including phenoxy) is 1. The van der Waals surface area contributed by atoms with E-state index in [1.54, 1.807) is 18.0 Å². The Bertz CT molecular complexity index is 270. The second-order valence-electron chi connectivity index (χ2n) is 3.11. The van der Waals surface area contributed by atoms with E-state index in [0.717, 1.165) is 12.1 Å². The predicted octanol–water partition coefficient (Wildman–Crippen LogP) is -0.255. The van der Waals surface area contributed by atoms with E-state index in [4.69, 9.17) is 10.6 Å². The first kappa shape index (κ1) is 11.1. The fourth-order valence-corrected chi connectivity index (χ4v) is 1.50. The molecule has 2 unspecified atom stereocenters. The van der Waals surface area contributed by atoms with Crippen LogP contribution in [0.3, 0.4) is 0 Å². The van der Waals surface area contributed by atoms with E-state index in [-0.39, 0.29) is 12.1 Å². The van der Waals surface area contributed by atoms with Gasteiger partial charge in [0.1, 0.15) is 0 Å². The summed E-state index contributed by atoms with van der Waals surface area (Å²) in [5.41, 5.74) is 3.64. The van der Waals surface area contributed by atoms with Gasteiger partial charge in [-0.2, -0.15) is 0 Å². The van der Waals surface area contributed by atoms with Gasteiger partial charge < -0.3 is 4.74 Å². The summed E-state index contributed by atoms with van der Waals surface area (Å²) in [6, 6.07) is -0.0787. The normalized spacial score (nSPS) is 15.4. The molecule has 0 aliphatic carbocycles. The molecule has 6 nitrogen and oxygen atoms in total. The Morgan fingerprint density at radius 3 is 2.79 bits per heavy atom. The van der Waals surface area contributed by atoms with Crippen LogP contribution in [0, 0.1) is 0 Å². The molecule has 0 saturated carbocycles. The number of aromatic nitrogens is 3. The summed E-state index contributed by atoms with van der Waals surface area (Å²) in [6.45, 7) is 2.04. The average Bonchev–Trinajstić information content (AvgIpc) is 2.61. The molecule has 0 aliphatic heterocycles. The molecule has 1 aromatic heterocycles. The number of methoxy groups -OCH3 is 1. The Morgan fingerprint density at radius 2 is 2.43 bits per heavy atom. The van der Waals surface area contributed by atoms with Crippen molar-refractivity contribution in [3.05, 3.63) is 11.9 Å². The minimum absolute atomic E-state index is 0.0252. The number of hydrazine groups is 1. The Labute approximate surface area is 83.4 Å². The number of hydrogen-bond donors (Lipinski definition) is 2. The zero-order valence-corrected chi connectivity index (χ0v) is 8.77. The molecule has 0 fully saturated rings. The lowest BCUT2D eigenvalue weighted by molar-refractivity contribution is 0.0625. The SMILES string of the molecule is CCC(OC)C(NN)c1cnnn1C. The predicted molar refractivity (Wildman–Crippen MR) is 52.2 cm³/mol. The maximum Gasteiger partial charge on any atom is 0.0906 e. The molecular formula is C8H17N5O. The van der Waals surface area contributed by atoms with E-state index in [2.05, 4.69) is 15.7 Å². The van der Waals surface area contributed by atoms with Crippen molar-refractivity contribution in [2.45, 2.75) is 25.5 Å². The van der Waals surface area contributed by atoms with Gasteiger partial charge in [-0.15, -0.1) is 5.10 Å². The molecule has 1 rings (SSSR count). The lowest BCUT2D eigenvalue weighted by atomic mass is 10.1. The molecule has 14 heavy (non-hydrogen) atoms. The van der Waals surface area contributed by atoms with Gasteiger partial charge in [-0.3, -0.25) is 10.5 Å². The maximum atomic E-state index is 5.49. The smallest absolute Gasteiger partial charge is 0.0906 e. The highest BCUT2D eigenvalue weighted by Crippen LogP contribution is 2.18. The third kappa shape index (κ3) is 2.09. The third-order valence-corrected chi connectivity index (χ3v) is 2.32. The van der Waals surface area contributed by atoms with Crippen LogP contribution in [0.15, 0.2) is 6.20 Å². The van der Waals surface area contributed by atoms with Gasteiger partial charge in [-0.25, -0.2) is 5.43 Å². The molecule has 80 valence electrons. The molecule has 0 aromatic carbocycles. The average molecular weight is 199 g/mol. The van der Waals surface area contributed by atoms with Crippen molar-refractivity contribution >= 4 is 0 Å². The van der Waals surface area contributed by atoms with Crippen LogP contribution >= 0.6 is 0 Å². The van der Waals surface area contributed by atoms with Gasteiger partial charge in [-0.1, -0.05) is 12.1 Å². The first-order chi connectivity index (χ1) is 6.74.